The normalized spacial score (nSPS) is 13.0. The van der Waals surface area contributed by atoms with E-state index in [1.165, 1.54) is 0 Å². The van der Waals surface area contributed by atoms with Crippen LogP contribution >= 0.6 is 11.6 Å². The Morgan fingerprint density at radius 2 is 2.10 bits per heavy atom. The zero-order chi connectivity index (χ0) is 15.8. The fourth-order valence-corrected chi connectivity index (χ4v) is 3.63. The SMILES string of the molecule is Cc1cnc2c(c1)nc(CCl)n2CC(C)(C)NS(C)(=O)=O. The van der Waals surface area contributed by atoms with Gasteiger partial charge >= 0.3 is 0 Å². The lowest BCUT2D eigenvalue weighted by Gasteiger charge is -2.26. The van der Waals surface area contributed by atoms with Crippen molar-refractivity contribution in [2.75, 3.05) is 6.26 Å². The topological polar surface area (TPSA) is 76.9 Å². The van der Waals surface area contributed by atoms with Crippen LogP contribution in [0.2, 0.25) is 0 Å². The van der Waals surface area contributed by atoms with Crippen molar-refractivity contribution >= 4 is 32.8 Å². The fourth-order valence-electron chi connectivity index (χ4n) is 2.36. The molecule has 0 aromatic carbocycles. The monoisotopic (exact) mass is 330 g/mol. The average molecular weight is 331 g/mol. The van der Waals surface area contributed by atoms with Crippen LogP contribution in [0.5, 0.6) is 0 Å². The Bertz CT molecular complexity index is 768. The Morgan fingerprint density at radius 1 is 1.43 bits per heavy atom. The van der Waals surface area contributed by atoms with Gasteiger partial charge in [-0.05, 0) is 32.4 Å². The van der Waals surface area contributed by atoms with Gasteiger partial charge in [-0.1, -0.05) is 0 Å². The van der Waals surface area contributed by atoms with Crippen molar-refractivity contribution in [1.29, 1.82) is 0 Å². The fraction of sp³-hybridized carbons (Fsp3) is 0.538. The summed E-state index contributed by atoms with van der Waals surface area (Å²) in [7, 11) is -3.30. The van der Waals surface area contributed by atoms with Crippen molar-refractivity contribution in [3.05, 3.63) is 23.7 Å². The molecule has 0 aliphatic carbocycles. The van der Waals surface area contributed by atoms with Crippen LogP contribution < -0.4 is 4.72 Å². The summed E-state index contributed by atoms with van der Waals surface area (Å²) in [6.07, 6.45) is 2.90. The van der Waals surface area contributed by atoms with Crippen LogP contribution in [0.25, 0.3) is 11.2 Å². The number of halogens is 1. The third kappa shape index (κ3) is 3.93. The number of aryl methyl sites for hydroxylation is 1. The highest BCUT2D eigenvalue weighted by Crippen LogP contribution is 2.20. The molecule has 0 aliphatic rings. The van der Waals surface area contributed by atoms with Gasteiger partial charge in [-0.3, -0.25) is 0 Å². The molecule has 0 aliphatic heterocycles. The summed E-state index contributed by atoms with van der Waals surface area (Å²) >= 11 is 5.96. The molecule has 2 rings (SSSR count). The van der Waals surface area contributed by atoms with E-state index in [-0.39, 0.29) is 5.88 Å². The first-order chi connectivity index (χ1) is 9.61. The van der Waals surface area contributed by atoms with Crippen molar-refractivity contribution in [3.8, 4) is 0 Å². The van der Waals surface area contributed by atoms with Crippen LogP contribution in [-0.4, -0.2) is 34.7 Å². The van der Waals surface area contributed by atoms with E-state index in [9.17, 15) is 8.42 Å². The third-order valence-corrected chi connectivity index (χ3v) is 4.10. The molecular formula is C13H19ClN4O2S. The summed E-state index contributed by atoms with van der Waals surface area (Å²) in [5.74, 6) is 0.915. The molecule has 0 amide bonds. The molecule has 116 valence electrons. The van der Waals surface area contributed by atoms with E-state index in [0.717, 1.165) is 17.3 Å². The van der Waals surface area contributed by atoms with E-state index in [1.54, 1.807) is 6.20 Å². The van der Waals surface area contributed by atoms with Crippen LogP contribution in [0.4, 0.5) is 0 Å². The smallest absolute Gasteiger partial charge is 0.209 e. The first-order valence-electron chi connectivity index (χ1n) is 6.48. The van der Waals surface area contributed by atoms with Crippen LogP contribution in [0.1, 0.15) is 25.2 Å². The molecule has 0 spiro atoms. The average Bonchev–Trinajstić information content (AvgIpc) is 2.62. The van der Waals surface area contributed by atoms with Crippen LogP contribution in [0.3, 0.4) is 0 Å². The molecule has 2 heterocycles. The number of nitrogens with one attached hydrogen (secondary N) is 1. The first-order valence-corrected chi connectivity index (χ1v) is 8.90. The minimum atomic E-state index is -3.30. The maximum absolute atomic E-state index is 11.5. The summed E-state index contributed by atoms with van der Waals surface area (Å²) < 4.78 is 27.4. The Morgan fingerprint density at radius 3 is 2.67 bits per heavy atom. The summed E-state index contributed by atoms with van der Waals surface area (Å²) in [5.41, 5.74) is 1.82. The van der Waals surface area contributed by atoms with Crippen LogP contribution in [0, 0.1) is 6.92 Å². The molecule has 0 fully saturated rings. The number of alkyl halides is 1. The van der Waals surface area contributed by atoms with Gasteiger partial charge in [-0.15, -0.1) is 11.6 Å². The van der Waals surface area contributed by atoms with Crippen LogP contribution in [0.15, 0.2) is 12.3 Å². The highest BCUT2D eigenvalue weighted by molar-refractivity contribution is 7.88. The van der Waals surface area contributed by atoms with Gasteiger partial charge in [0.05, 0.1) is 12.1 Å². The Balaban J connectivity index is 2.46. The molecule has 8 heteroatoms. The molecule has 0 radical (unpaired) electrons. The zero-order valence-electron chi connectivity index (χ0n) is 12.5. The molecular weight excluding hydrogens is 312 g/mol. The van der Waals surface area contributed by atoms with Gasteiger partial charge in [0.15, 0.2) is 5.65 Å². The van der Waals surface area contributed by atoms with E-state index in [4.69, 9.17) is 11.6 Å². The van der Waals surface area contributed by atoms with Crippen molar-refractivity contribution in [3.63, 3.8) is 0 Å². The third-order valence-electron chi connectivity index (χ3n) is 2.94. The van der Waals surface area contributed by atoms with Gasteiger partial charge in [0.1, 0.15) is 11.3 Å². The molecule has 0 atom stereocenters. The van der Waals surface area contributed by atoms with E-state index < -0.39 is 15.6 Å². The highest BCUT2D eigenvalue weighted by Gasteiger charge is 2.25. The van der Waals surface area contributed by atoms with Crippen LogP contribution in [-0.2, 0) is 22.4 Å². The molecule has 0 bridgehead atoms. The largest absolute Gasteiger partial charge is 0.310 e. The van der Waals surface area contributed by atoms with Gasteiger partial charge in [-0.2, -0.15) is 0 Å². The number of hydrogen-bond donors (Lipinski definition) is 1. The number of sulfonamides is 1. The van der Waals surface area contributed by atoms with E-state index in [1.807, 2.05) is 31.4 Å². The standard InChI is InChI=1S/C13H19ClN4O2S/c1-9-5-10-12(15-7-9)18(11(6-14)16-10)8-13(2,3)17-21(4,19)20/h5,7,17H,6,8H2,1-4H3. The second-order valence-electron chi connectivity index (χ2n) is 5.86. The number of pyridine rings is 1. The van der Waals surface area contributed by atoms with Gasteiger partial charge in [0.25, 0.3) is 0 Å². The van der Waals surface area contributed by atoms with Gasteiger partial charge in [0, 0.05) is 18.3 Å². The highest BCUT2D eigenvalue weighted by atomic mass is 35.5. The quantitative estimate of drug-likeness (QED) is 0.848. The lowest BCUT2D eigenvalue weighted by Crippen LogP contribution is -2.46. The summed E-state index contributed by atoms with van der Waals surface area (Å²) in [4.78, 5) is 8.86. The van der Waals surface area contributed by atoms with Gasteiger partial charge in [0.2, 0.25) is 10.0 Å². The minimum Gasteiger partial charge on any atom is -0.310 e. The molecule has 1 N–H and O–H groups in total. The molecule has 2 aromatic rings. The second-order valence-corrected chi connectivity index (χ2v) is 7.88. The molecule has 0 unspecified atom stereocenters. The Kier molecular flexibility index (Phi) is 4.28. The lowest BCUT2D eigenvalue weighted by atomic mass is 10.1. The van der Waals surface area contributed by atoms with Crippen molar-refractivity contribution in [2.45, 2.75) is 38.7 Å². The number of fused-ring (bicyclic) bond motifs is 1. The number of imidazole rings is 1. The van der Waals surface area contributed by atoms with Crippen molar-refractivity contribution in [2.24, 2.45) is 0 Å². The van der Waals surface area contributed by atoms with E-state index in [2.05, 4.69) is 14.7 Å². The number of rotatable bonds is 5. The van der Waals surface area contributed by atoms with Gasteiger partial charge < -0.3 is 4.57 Å². The summed E-state index contributed by atoms with van der Waals surface area (Å²) in [6, 6.07) is 1.94. The Hall–Kier alpha value is -1.18. The molecule has 0 saturated heterocycles. The van der Waals surface area contributed by atoms with Crippen molar-refractivity contribution < 1.29 is 8.42 Å². The zero-order valence-corrected chi connectivity index (χ0v) is 14.1. The lowest BCUT2D eigenvalue weighted by molar-refractivity contribution is 0.391. The molecule has 21 heavy (non-hydrogen) atoms. The van der Waals surface area contributed by atoms with E-state index >= 15 is 0 Å². The second kappa shape index (κ2) is 5.55. The molecule has 2 aromatic heterocycles. The summed E-state index contributed by atoms with van der Waals surface area (Å²) in [5, 5.41) is 0. The number of hydrogen-bond acceptors (Lipinski definition) is 4. The predicted molar refractivity (Wildman–Crippen MR) is 83.9 cm³/mol. The molecule has 6 nitrogen and oxygen atoms in total. The first kappa shape index (κ1) is 16.2. The number of aromatic nitrogens is 3. The number of nitrogens with zero attached hydrogens (tertiary/aromatic N) is 3. The molecule has 0 saturated carbocycles. The predicted octanol–water partition coefficient (Wildman–Crippen LogP) is 1.81. The van der Waals surface area contributed by atoms with Crippen molar-refractivity contribution in [1.82, 2.24) is 19.3 Å². The minimum absolute atomic E-state index is 0.240. The van der Waals surface area contributed by atoms with E-state index in [0.29, 0.717) is 18.0 Å². The van der Waals surface area contributed by atoms with Gasteiger partial charge in [-0.25, -0.2) is 23.1 Å². The Labute approximate surface area is 129 Å². The summed E-state index contributed by atoms with van der Waals surface area (Å²) in [6.45, 7) is 5.97. The maximum atomic E-state index is 11.5. The maximum Gasteiger partial charge on any atom is 0.209 e.